The Morgan fingerprint density at radius 2 is 1.00 bits per heavy atom. The highest BCUT2D eigenvalue weighted by Crippen LogP contribution is 2.43. The van der Waals surface area contributed by atoms with Crippen LogP contribution in [0.25, 0.3) is 55.1 Å². The van der Waals surface area contributed by atoms with Crippen LogP contribution >= 0.6 is 0 Å². The van der Waals surface area contributed by atoms with Gasteiger partial charge in [-0.2, -0.15) is 0 Å². The summed E-state index contributed by atoms with van der Waals surface area (Å²) in [6.45, 7) is 0. The van der Waals surface area contributed by atoms with Crippen LogP contribution in [0.1, 0.15) is 18.4 Å². The van der Waals surface area contributed by atoms with Crippen LogP contribution in [-0.4, -0.2) is 0 Å². The van der Waals surface area contributed by atoms with Gasteiger partial charge in [-0.1, -0.05) is 121 Å². The van der Waals surface area contributed by atoms with E-state index in [2.05, 4.69) is 121 Å². The van der Waals surface area contributed by atoms with E-state index < -0.39 is 0 Å². The normalized spacial score (nSPS) is 13.2. The Bertz CT molecular complexity index is 1790. The fraction of sp³-hybridized carbons (Fsp3) is 0.0588. The lowest BCUT2D eigenvalue weighted by molar-refractivity contribution is 1.08. The van der Waals surface area contributed by atoms with Crippen molar-refractivity contribution in [3.8, 4) is 11.1 Å². The summed E-state index contributed by atoms with van der Waals surface area (Å²) in [5.41, 5.74) is 5.51. The number of rotatable bonds is 2. The minimum absolute atomic E-state index is 1.07. The minimum Gasteiger partial charge on any atom is -0.0763 e. The lowest BCUT2D eigenvalue weighted by atomic mass is 9.82. The van der Waals surface area contributed by atoms with Gasteiger partial charge in [0.1, 0.15) is 0 Å². The lowest BCUT2D eigenvalue weighted by Crippen LogP contribution is -2.29. The molecule has 0 atom stereocenters. The van der Waals surface area contributed by atoms with Gasteiger partial charge in [0.25, 0.3) is 0 Å². The Balaban J connectivity index is 1.71. The topological polar surface area (TPSA) is 0 Å². The number of hydrogen-bond acceptors (Lipinski definition) is 0. The van der Waals surface area contributed by atoms with Crippen LogP contribution in [0.5, 0.6) is 0 Å². The first kappa shape index (κ1) is 19.3. The maximum atomic E-state index is 2.38. The molecule has 0 spiro atoms. The zero-order valence-electron chi connectivity index (χ0n) is 19.0. The molecule has 0 heteroatoms. The molecule has 34 heavy (non-hydrogen) atoms. The van der Waals surface area contributed by atoms with E-state index in [-0.39, 0.29) is 0 Å². The van der Waals surface area contributed by atoms with Gasteiger partial charge in [0, 0.05) is 0 Å². The summed E-state index contributed by atoms with van der Waals surface area (Å²) in [6, 6.07) is 42.3. The van der Waals surface area contributed by atoms with Crippen molar-refractivity contribution in [3.05, 3.63) is 131 Å². The van der Waals surface area contributed by atoms with Crippen molar-refractivity contribution in [2.24, 2.45) is 0 Å². The van der Waals surface area contributed by atoms with E-state index in [0.717, 1.165) is 12.8 Å². The molecule has 1 aliphatic carbocycles. The summed E-state index contributed by atoms with van der Waals surface area (Å²) in [7, 11) is 0. The molecule has 0 N–H and O–H groups in total. The Hall–Kier alpha value is -4.16. The Morgan fingerprint density at radius 1 is 0.441 bits per heavy atom. The van der Waals surface area contributed by atoms with Crippen LogP contribution in [0.4, 0.5) is 0 Å². The van der Waals surface area contributed by atoms with Crippen molar-refractivity contribution in [2.75, 3.05) is 0 Å². The second kappa shape index (κ2) is 7.71. The molecule has 0 saturated carbocycles. The average molecular weight is 433 g/mol. The third kappa shape index (κ3) is 2.85. The highest BCUT2D eigenvalue weighted by molar-refractivity contribution is 6.21. The van der Waals surface area contributed by atoms with Gasteiger partial charge >= 0.3 is 0 Å². The van der Waals surface area contributed by atoms with Crippen LogP contribution in [0.2, 0.25) is 0 Å². The molecule has 6 aromatic rings. The fourth-order valence-corrected chi connectivity index (χ4v) is 5.90. The van der Waals surface area contributed by atoms with Gasteiger partial charge in [-0.3, -0.25) is 0 Å². The fourth-order valence-electron chi connectivity index (χ4n) is 5.90. The van der Waals surface area contributed by atoms with E-state index in [9.17, 15) is 0 Å². The molecule has 0 aliphatic heterocycles. The van der Waals surface area contributed by atoms with Crippen molar-refractivity contribution < 1.29 is 0 Å². The molecule has 160 valence electrons. The monoisotopic (exact) mass is 432 g/mol. The SMILES string of the molecule is C1=c2ccccc2=C(c2c3ccccc3c(-c3cccc4ccccc34)c3ccccc23)CC1. The third-order valence-electron chi connectivity index (χ3n) is 7.34. The Kier molecular flexibility index (Phi) is 4.38. The summed E-state index contributed by atoms with van der Waals surface area (Å²) in [5.74, 6) is 0. The lowest BCUT2D eigenvalue weighted by Gasteiger charge is -2.21. The zero-order valence-corrected chi connectivity index (χ0v) is 19.0. The number of hydrogen-bond donors (Lipinski definition) is 0. The van der Waals surface area contributed by atoms with E-state index in [1.807, 2.05) is 0 Å². The van der Waals surface area contributed by atoms with Gasteiger partial charge in [-0.15, -0.1) is 0 Å². The molecule has 0 aromatic heterocycles. The van der Waals surface area contributed by atoms with Crippen molar-refractivity contribution in [3.63, 3.8) is 0 Å². The smallest absolute Gasteiger partial charge is 0.00201 e. The Labute approximate surface area is 199 Å². The Morgan fingerprint density at radius 3 is 1.74 bits per heavy atom. The van der Waals surface area contributed by atoms with E-state index in [4.69, 9.17) is 0 Å². The standard InChI is InChI=1S/C34H24/c1-3-15-25-23(11-1)13-9-21-27(25)33-29-17-5-7-19-31(29)34(32-20-8-6-18-30(32)33)28-22-10-14-24-12-2-4-16-26(24)28/h1-9,11-21H,10,22H2. The van der Waals surface area contributed by atoms with Crippen LogP contribution in [0, 0.1) is 0 Å². The first-order valence-corrected chi connectivity index (χ1v) is 12.1. The maximum Gasteiger partial charge on any atom is -0.00201 e. The van der Waals surface area contributed by atoms with E-state index in [1.54, 1.807) is 0 Å². The van der Waals surface area contributed by atoms with Crippen molar-refractivity contribution in [1.82, 2.24) is 0 Å². The van der Waals surface area contributed by atoms with E-state index >= 15 is 0 Å². The predicted molar refractivity (Wildman–Crippen MR) is 146 cm³/mol. The molecule has 0 radical (unpaired) electrons. The molecule has 6 aromatic carbocycles. The number of benzene rings is 6. The van der Waals surface area contributed by atoms with Crippen LogP contribution in [0.3, 0.4) is 0 Å². The van der Waals surface area contributed by atoms with Crippen LogP contribution < -0.4 is 10.4 Å². The first-order valence-electron chi connectivity index (χ1n) is 12.1. The molecular weight excluding hydrogens is 408 g/mol. The third-order valence-corrected chi connectivity index (χ3v) is 7.34. The minimum atomic E-state index is 1.07. The highest BCUT2D eigenvalue weighted by atomic mass is 14.2. The average Bonchev–Trinajstić information content (AvgIpc) is 2.91. The molecule has 0 nitrogen and oxygen atoms in total. The van der Waals surface area contributed by atoms with E-state index in [0.29, 0.717) is 0 Å². The van der Waals surface area contributed by atoms with Crippen molar-refractivity contribution in [1.29, 1.82) is 0 Å². The molecule has 0 bridgehead atoms. The van der Waals surface area contributed by atoms with Gasteiger partial charge in [0.2, 0.25) is 0 Å². The largest absolute Gasteiger partial charge is 0.0763 e. The summed E-state index contributed by atoms with van der Waals surface area (Å²) < 4.78 is 0. The molecule has 0 heterocycles. The summed E-state index contributed by atoms with van der Waals surface area (Å²) >= 11 is 0. The molecule has 0 unspecified atom stereocenters. The molecular formula is C34H24. The summed E-state index contributed by atoms with van der Waals surface area (Å²) in [5, 5.41) is 10.7. The van der Waals surface area contributed by atoms with Crippen LogP contribution in [-0.2, 0) is 0 Å². The molecule has 0 amide bonds. The van der Waals surface area contributed by atoms with Gasteiger partial charge in [-0.05, 0) is 77.9 Å². The molecule has 0 fully saturated rings. The second-order valence-electron chi connectivity index (χ2n) is 9.18. The van der Waals surface area contributed by atoms with Gasteiger partial charge in [0.15, 0.2) is 0 Å². The summed E-state index contributed by atoms with van der Waals surface area (Å²) in [6.07, 6.45) is 4.53. The van der Waals surface area contributed by atoms with Crippen molar-refractivity contribution >= 4 is 44.0 Å². The number of fused-ring (bicyclic) bond motifs is 4. The molecule has 1 aliphatic rings. The molecule has 0 saturated heterocycles. The summed E-state index contributed by atoms with van der Waals surface area (Å²) in [4.78, 5) is 0. The second-order valence-corrected chi connectivity index (χ2v) is 9.18. The molecule has 7 rings (SSSR count). The van der Waals surface area contributed by atoms with Crippen LogP contribution in [0.15, 0.2) is 115 Å². The van der Waals surface area contributed by atoms with Crippen molar-refractivity contribution in [2.45, 2.75) is 12.8 Å². The highest BCUT2D eigenvalue weighted by Gasteiger charge is 2.19. The first-order chi connectivity index (χ1) is 16.9. The zero-order chi connectivity index (χ0) is 22.5. The van der Waals surface area contributed by atoms with E-state index in [1.165, 1.54) is 65.0 Å². The van der Waals surface area contributed by atoms with Gasteiger partial charge in [-0.25, -0.2) is 0 Å². The maximum absolute atomic E-state index is 2.38. The van der Waals surface area contributed by atoms with Gasteiger partial charge < -0.3 is 0 Å². The predicted octanol–water partition coefficient (Wildman–Crippen LogP) is 7.59. The quantitative estimate of drug-likeness (QED) is 0.247. The van der Waals surface area contributed by atoms with Gasteiger partial charge in [0.05, 0.1) is 0 Å².